The van der Waals surface area contributed by atoms with Crippen molar-refractivity contribution < 1.29 is 5.11 Å². The first-order valence-corrected chi connectivity index (χ1v) is 5.11. The Morgan fingerprint density at radius 3 is 2.00 bits per heavy atom. The summed E-state index contributed by atoms with van der Waals surface area (Å²) in [7, 11) is 0. The van der Waals surface area contributed by atoms with Gasteiger partial charge in [-0.1, -0.05) is 26.7 Å². The van der Waals surface area contributed by atoms with Crippen LogP contribution in [0.25, 0.3) is 0 Å². The average molecular weight is 173 g/mol. The molecule has 12 heavy (non-hydrogen) atoms. The van der Waals surface area contributed by atoms with E-state index in [2.05, 4.69) is 19.2 Å². The van der Waals surface area contributed by atoms with Crippen LogP contribution in [0, 0.1) is 0 Å². The smallest absolute Gasteiger partial charge is 0.0582 e. The van der Waals surface area contributed by atoms with E-state index < -0.39 is 0 Å². The molecule has 2 nitrogen and oxygen atoms in total. The molecule has 0 aliphatic heterocycles. The molecule has 0 saturated heterocycles. The molecule has 2 N–H and O–H groups in total. The second-order valence-electron chi connectivity index (χ2n) is 3.52. The molecule has 0 radical (unpaired) electrons. The van der Waals surface area contributed by atoms with Gasteiger partial charge in [0.25, 0.3) is 0 Å². The van der Waals surface area contributed by atoms with E-state index in [1.165, 1.54) is 25.7 Å². The Hall–Kier alpha value is -0.0800. The lowest BCUT2D eigenvalue weighted by Crippen LogP contribution is -2.38. The zero-order chi connectivity index (χ0) is 9.40. The molecule has 0 aromatic carbocycles. The van der Waals surface area contributed by atoms with Crippen LogP contribution < -0.4 is 5.32 Å². The molecule has 0 aliphatic rings. The van der Waals surface area contributed by atoms with Crippen molar-refractivity contribution in [3.05, 3.63) is 0 Å². The second-order valence-corrected chi connectivity index (χ2v) is 3.52. The molecule has 0 fully saturated rings. The highest BCUT2D eigenvalue weighted by molar-refractivity contribution is 4.69. The minimum absolute atomic E-state index is 0.240. The van der Waals surface area contributed by atoms with Crippen molar-refractivity contribution in [2.24, 2.45) is 0 Å². The summed E-state index contributed by atoms with van der Waals surface area (Å²) in [4.78, 5) is 0. The van der Waals surface area contributed by atoms with Gasteiger partial charge in [0, 0.05) is 12.1 Å². The van der Waals surface area contributed by atoms with Crippen LogP contribution >= 0.6 is 0 Å². The molecular formula is C10H23NO. The van der Waals surface area contributed by atoms with Crippen molar-refractivity contribution in [1.29, 1.82) is 0 Å². The maximum Gasteiger partial charge on any atom is 0.0582 e. The Bertz CT molecular complexity index is 89.8. The minimum Gasteiger partial charge on any atom is -0.395 e. The average Bonchev–Trinajstić information content (AvgIpc) is 2.05. The van der Waals surface area contributed by atoms with Gasteiger partial charge in [0.15, 0.2) is 0 Å². The molecule has 0 aromatic rings. The molecule has 1 unspecified atom stereocenters. The number of hydrogen-bond acceptors (Lipinski definition) is 2. The van der Waals surface area contributed by atoms with Crippen LogP contribution in [-0.4, -0.2) is 23.8 Å². The Kier molecular flexibility index (Phi) is 7.51. The van der Waals surface area contributed by atoms with Gasteiger partial charge < -0.3 is 10.4 Å². The fraction of sp³-hybridized carbons (Fsp3) is 1.00. The Balaban J connectivity index is 3.61. The summed E-state index contributed by atoms with van der Waals surface area (Å²) in [5.41, 5.74) is 0. The largest absolute Gasteiger partial charge is 0.395 e. The molecule has 0 spiro atoms. The third-order valence-electron chi connectivity index (χ3n) is 2.07. The third-order valence-corrected chi connectivity index (χ3v) is 2.07. The van der Waals surface area contributed by atoms with E-state index in [-0.39, 0.29) is 12.6 Å². The molecule has 0 amide bonds. The summed E-state index contributed by atoms with van der Waals surface area (Å²) in [6.07, 6.45) is 4.88. The van der Waals surface area contributed by atoms with Gasteiger partial charge in [0.1, 0.15) is 0 Å². The van der Waals surface area contributed by atoms with Crippen LogP contribution in [0.1, 0.15) is 46.5 Å². The first-order valence-electron chi connectivity index (χ1n) is 5.11. The molecule has 0 heterocycles. The highest BCUT2D eigenvalue weighted by Crippen LogP contribution is 2.05. The molecule has 0 bridgehead atoms. The SMILES string of the molecule is CCCC(CCC)NC(C)CO. The standard InChI is InChI=1S/C10H23NO/c1-4-6-10(7-5-2)11-9(3)8-12/h9-12H,4-8H2,1-3H3. The van der Waals surface area contributed by atoms with E-state index >= 15 is 0 Å². The van der Waals surface area contributed by atoms with Crippen molar-refractivity contribution in [3.63, 3.8) is 0 Å². The van der Waals surface area contributed by atoms with Crippen LogP contribution in [0.2, 0.25) is 0 Å². The van der Waals surface area contributed by atoms with E-state index in [1.54, 1.807) is 0 Å². The van der Waals surface area contributed by atoms with Gasteiger partial charge >= 0.3 is 0 Å². The normalized spacial score (nSPS) is 13.8. The minimum atomic E-state index is 0.240. The number of aliphatic hydroxyl groups is 1. The zero-order valence-corrected chi connectivity index (χ0v) is 8.64. The van der Waals surface area contributed by atoms with E-state index in [0.717, 1.165) is 0 Å². The fourth-order valence-corrected chi connectivity index (χ4v) is 1.46. The summed E-state index contributed by atoms with van der Waals surface area (Å²) in [5, 5.41) is 12.3. The Morgan fingerprint density at radius 2 is 1.67 bits per heavy atom. The summed E-state index contributed by atoms with van der Waals surface area (Å²) >= 11 is 0. The molecule has 74 valence electrons. The highest BCUT2D eigenvalue weighted by atomic mass is 16.3. The monoisotopic (exact) mass is 173 g/mol. The maximum atomic E-state index is 8.86. The molecular weight excluding hydrogens is 150 g/mol. The summed E-state index contributed by atoms with van der Waals surface area (Å²) < 4.78 is 0. The first kappa shape index (κ1) is 11.9. The molecule has 0 aliphatic carbocycles. The summed E-state index contributed by atoms with van der Waals surface area (Å²) in [6.45, 7) is 6.67. The highest BCUT2D eigenvalue weighted by Gasteiger charge is 2.08. The molecule has 0 rings (SSSR count). The number of aliphatic hydroxyl groups excluding tert-OH is 1. The van der Waals surface area contributed by atoms with Crippen molar-refractivity contribution >= 4 is 0 Å². The van der Waals surface area contributed by atoms with Gasteiger partial charge in [0.05, 0.1) is 6.61 Å². The zero-order valence-electron chi connectivity index (χ0n) is 8.64. The molecule has 0 saturated carbocycles. The number of rotatable bonds is 7. The lowest BCUT2D eigenvalue weighted by atomic mass is 10.1. The van der Waals surface area contributed by atoms with Crippen molar-refractivity contribution in [3.8, 4) is 0 Å². The van der Waals surface area contributed by atoms with Crippen LogP contribution in [0.5, 0.6) is 0 Å². The lowest BCUT2D eigenvalue weighted by molar-refractivity contribution is 0.235. The quantitative estimate of drug-likeness (QED) is 0.616. The molecule has 2 heteroatoms. The predicted molar refractivity (Wildman–Crippen MR) is 53.3 cm³/mol. The Morgan fingerprint density at radius 1 is 1.17 bits per heavy atom. The first-order chi connectivity index (χ1) is 5.74. The van der Waals surface area contributed by atoms with Gasteiger partial charge in [-0.15, -0.1) is 0 Å². The van der Waals surface area contributed by atoms with Gasteiger partial charge in [-0.3, -0.25) is 0 Å². The van der Waals surface area contributed by atoms with E-state index in [4.69, 9.17) is 5.11 Å². The van der Waals surface area contributed by atoms with Crippen molar-refractivity contribution in [2.75, 3.05) is 6.61 Å². The van der Waals surface area contributed by atoms with Gasteiger partial charge in [0.2, 0.25) is 0 Å². The van der Waals surface area contributed by atoms with Crippen LogP contribution in [0.15, 0.2) is 0 Å². The van der Waals surface area contributed by atoms with E-state index in [9.17, 15) is 0 Å². The Labute approximate surface area is 76.4 Å². The molecule has 1 atom stereocenters. The summed E-state index contributed by atoms with van der Waals surface area (Å²) in [6, 6.07) is 0.843. The number of hydrogen-bond donors (Lipinski definition) is 2. The maximum absolute atomic E-state index is 8.86. The van der Waals surface area contributed by atoms with Crippen LogP contribution in [-0.2, 0) is 0 Å². The van der Waals surface area contributed by atoms with E-state index in [0.29, 0.717) is 6.04 Å². The van der Waals surface area contributed by atoms with Gasteiger partial charge in [-0.05, 0) is 19.8 Å². The second kappa shape index (κ2) is 7.56. The van der Waals surface area contributed by atoms with Crippen LogP contribution in [0.4, 0.5) is 0 Å². The third kappa shape index (κ3) is 5.56. The lowest BCUT2D eigenvalue weighted by Gasteiger charge is -2.21. The molecule has 0 aromatic heterocycles. The topological polar surface area (TPSA) is 32.3 Å². The summed E-state index contributed by atoms with van der Waals surface area (Å²) in [5.74, 6) is 0. The van der Waals surface area contributed by atoms with Gasteiger partial charge in [-0.25, -0.2) is 0 Å². The van der Waals surface area contributed by atoms with E-state index in [1.807, 2.05) is 6.92 Å². The number of nitrogens with one attached hydrogen (secondary N) is 1. The van der Waals surface area contributed by atoms with Crippen molar-refractivity contribution in [2.45, 2.75) is 58.5 Å². The fourth-order valence-electron chi connectivity index (χ4n) is 1.46. The predicted octanol–water partition coefficient (Wildman–Crippen LogP) is 1.93. The van der Waals surface area contributed by atoms with Crippen molar-refractivity contribution in [1.82, 2.24) is 5.32 Å². The van der Waals surface area contributed by atoms with Crippen LogP contribution in [0.3, 0.4) is 0 Å². The van der Waals surface area contributed by atoms with Gasteiger partial charge in [-0.2, -0.15) is 0 Å².